The van der Waals surface area contributed by atoms with Crippen LogP contribution in [0, 0.1) is 5.92 Å². The largest absolute Gasteiger partial charge is 0.354 e. The van der Waals surface area contributed by atoms with E-state index in [1.807, 2.05) is 43.8 Å². The van der Waals surface area contributed by atoms with Gasteiger partial charge in [-0.15, -0.1) is 0 Å². The van der Waals surface area contributed by atoms with Crippen LogP contribution in [0.3, 0.4) is 0 Å². The van der Waals surface area contributed by atoms with Crippen molar-refractivity contribution in [3.8, 4) is 0 Å². The molecule has 2 unspecified atom stereocenters. The van der Waals surface area contributed by atoms with Crippen LogP contribution >= 0.6 is 11.8 Å². The van der Waals surface area contributed by atoms with E-state index in [9.17, 15) is 4.79 Å². The summed E-state index contributed by atoms with van der Waals surface area (Å²) in [5.74, 6) is 1.26. The van der Waals surface area contributed by atoms with Gasteiger partial charge < -0.3 is 16.0 Å². The molecule has 0 spiro atoms. The lowest BCUT2D eigenvalue weighted by Crippen LogP contribution is -2.42. The highest BCUT2D eigenvalue weighted by atomic mass is 32.2. The van der Waals surface area contributed by atoms with Crippen molar-refractivity contribution in [2.45, 2.75) is 57.4 Å². The Labute approximate surface area is 161 Å². The summed E-state index contributed by atoms with van der Waals surface area (Å²) in [5.41, 5.74) is 1.96. The van der Waals surface area contributed by atoms with Crippen molar-refractivity contribution in [2.75, 3.05) is 18.6 Å². The summed E-state index contributed by atoms with van der Waals surface area (Å²) in [6, 6.07) is 8.46. The summed E-state index contributed by atoms with van der Waals surface area (Å²) in [4.78, 5) is 16.3. The van der Waals surface area contributed by atoms with Crippen molar-refractivity contribution < 1.29 is 4.79 Å². The Bertz CT molecular complexity index is 618. The lowest BCUT2D eigenvalue weighted by molar-refractivity contribution is -0.116. The first kappa shape index (κ1) is 20.6. The second-order valence-corrected chi connectivity index (χ2v) is 8.42. The third kappa shape index (κ3) is 6.90. The minimum absolute atomic E-state index is 0.0622. The van der Waals surface area contributed by atoms with E-state index in [1.165, 1.54) is 19.3 Å². The molecule has 0 saturated heterocycles. The standard InChI is InChI=1S/C20H32N4OS/c1-14(2)10-19(25)23-16-7-5-6-15(11-16)13-22-20(21-3)24-17-8-9-18(12-17)26-4/h5-7,11,14,17-18H,8-10,12-13H2,1-4H3,(H,23,25)(H2,21,22,24). The smallest absolute Gasteiger partial charge is 0.224 e. The third-order valence-electron chi connectivity index (χ3n) is 4.55. The van der Waals surface area contributed by atoms with Gasteiger partial charge in [0.2, 0.25) is 5.91 Å². The molecule has 2 rings (SSSR count). The second kappa shape index (κ2) is 10.5. The Hall–Kier alpha value is -1.69. The average molecular weight is 377 g/mol. The fourth-order valence-electron chi connectivity index (χ4n) is 3.20. The van der Waals surface area contributed by atoms with E-state index in [2.05, 4.69) is 33.3 Å². The molecule has 1 aliphatic rings. The first-order chi connectivity index (χ1) is 12.5. The zero-order valence-electron chi connectivity index (χ0n) is 16.3. The summed E-state index contributed by atoms with van der Waals surface area (Å²) in [7, 11) is 1.80. The number of hydrogen-bond donors (Lipinski definition) is 3. The number of carbonyl (C=O) groups is 1. The van der Waals surface area contributed by atoms with Crippen molar-refractivity contribution in [1.29, 1.82) is 0 Å². The van der Waals surface area contributed by atoms with E-state index in [4.69, 9.17) is 0 Å². The van der Waals surface area contributed by atoms with Gasteiger partial charge in [-0.3, -0.25) is 9.79 Å². The molecule has 1 fully saturated rings. The van der Waals surface area contributed by atoms with Gasteiger partial charge in [0, 0.05) is 37.0 Å². The number of nitrogens with zero attached hydrogens (tertiary/aromatic N) is 1. The summed E-state index contributed by atoms with van der Waals surface area (Å²) in [6.45, 7) is 4.76. The highest BCUT2D eigenvalue weighted by Gasteiger charge is 2.24. The molecule has 0 heterocycles. The van der Waals surface area contributed by atoms with E-state index in [0.717, 1.165) is 22.5 Å². The highest BCUT2D eigenvalue weighted by Crippen LogP contribution is 2.28. The van der Waals surface area contributed by atoms with Gasteiger partial charge in [0.05, 0.1) is 0 Å². The number of anilines is 1. The number of amides is 1. The molecule has 0 aliphatic heterocycles. The number of nitrogens with one attached hydrogen (secondary N) is 3. The Morgan fingerprint density at radius 2 is 2.15 bits per heavy atom. The molecule has 2 atom stereocenters. The first-order valence-corrected chi connectivity index (χ1v) is 10.7. The molecule has 0 bridgehead atoms. The minimum Gasteiger partial charge on any atom is -0.354 e. The highest BCUT2D eigenvalue weighted by molar-refractivity contribution is 7.99. The maximum atomic E-state index is 11.9. The lowest BCUT2D eigenvalue weighted by Gasteiger charge is -2.17. The van der Waals surface area contributed by atoms with E-state index in [0.29, 0.717) is 24.9 Å². The number of aliphatic imine (C=N–C) groups is 1. The van der Waals surface area contributed by atoms with Gasteiger partial charge in [-0.05, 0) is 49.1 Å². The number of benzene rings is 1. The third-order valence-corrected chi connectivity index (χ3v) is 5.64. The summed E-state index contributed by atoms with van der Waals surface area (Å²) in [6.07, 6.45) is 6.39. The van der Waals surface area contributed by atoms with Crippen LogP contribution < -0.4 is 16.0 Å². The molecule has 1 aromatic rings. The molecule has 5 nitrogen and oxygen atoms in total. The van der Waals surface area contributed by atoms with Crippen LogP contribution in [0.15, 0.2) is 29.3 Å². The van der Waals surface area contributed by atoms with Gasteiger partial charge in [-0.25, -0.2) is 0 Å². The van der Waals surface area contributed by atoms with Gasteiger partial charge in [-0.2, -0.15) is 11.8 Å². The van der Waals surface area contributed by atoms with Crippen LogP contribution in [0.4, 0.5) is 5.69 Å². The van der Waals surface area contributed by atoms with Crippen LogP contribution in [-0.2, 0) is 11.3 Å². The zero-order valence-corrected chi connectivity index (χ0v) is 17.2. The number of guanidine groups is 1. The number of thioether (sulfide) groups is 1. The summed E-state index contributed by atoms with van der Waals surface area (Å²) >= 11 is 1.96. The maximum absolute atomic E-state index is 11.9. The average Bonchev–Trinajstić information content (AvgIpc) is 3.05. The molecule has 1 aromatic carbocycles. The summed E-state index contributed by atoms with van der Waals surface area (Å²) in [5, 5.41) is 10.6. The van der Waals surface area contributed by atoms with E-state index in [-0.39, 0.29) is 5.91 Å². The van der Waals surface area contributed by atoms with Crippen molar-refractivity contribution in [3.63, 3.8) is 0 Å². The molecule has 1 aliphatic carbocycles. The van der Waals surface area contributed by atoms with Crippen molar-refractivity contribution in [3.05, 3.63) is 29.8 Å². The predicted molar refractivity (Wildman–Crippen MR) is 113 cm³/mol. The van der Waals surface area contributed by atoms with Gasteiger partial charge in [0.1, 0.15) is 0 Å². The van der Waals surface area contributed by atoms with E-state index in [1.54, 1.807) is 7.05 Å². The molecular weight excluding hydrogens is 344 g/mol. The topological polar surface area (TPSA) is 65.5 Å². The lowest BCUT2D eigenvalue weighted by atomic mass is 10.1. The molecule has 6 heteroatoms. The van der Waals surface area contributed by atoms with Crippen molar-refractivity contribution >= 4 is 29.3 Å². The quantitative estimate of drug-likeness (QED) is 0.502. The Balaban J connectivity index is 1.84. The Kier molecular flexibility index (Phi) is 8.29. The van der Waals surface area contributed by atoms with Crippen LogP contribution in [-0.4, -0.2) is 36.5 Å². The first-order valence-electron chi connectivity index (χ1n) is 9.39. The predicted octanol–water partition coefficient (Wildman–Crippen LogP) is 3.62. The van der Waals surface area contributed by atoms with Gasteiger partial charge >= 0.3 is 0 Å². The van der Waals surface area contributed by atoms with Crippen LogP contribution in [0.25, 0.3) is 0 Å². The molecule has 1 saturated carbocycles. The maximum Gasteiger partial charge on any atom is 0.224 e. The minimum atomic E-state index is 0.0622. The Morgan fingerprint density at radius 3 is 2.81 bits per heavy atom. The molecular formula is C20H32N4OS. The number of carbonyl (C=O) groups excluding carboxylic acids is 1. The molecule has 0 radical (unpaired) electrons. The normalized spacial score (nSPS) is 20.3. The van der Waals surface area contributed by atoms with E-state index < -0.39 is 0 Å². The molecule has 0 aromatic heterocycles. The van der Waals surface area contributed by atoms with E-state index >= 15 is 0 Å². The van der Waals surface area contributed by atoms with Crippen molar-refractivity contribution in [1.82, 2.24) is 10.6 Å². The van der Waals surface area contributed by atoms with Crippen LogP contribution in [0.2, 0.25) is 0 Å². The SMILES string of the molecule is CN=C(NCc1cccc(NC(=O)CC(C)C)c1)NC1CCC(SC)C1. The molecule has 144 valence electrons. The van der Waals surface area contributed by atoms with Gasteiger partial charge in [0.25, 0.3) is 0 Å². The fourth-order valence-corrected chi connectivity index (χ4v) is 4.00. The second-order valence-electron chi connectivity index (χ2n) is 7.28. The number of rotatable bonds is 7. The van der Waals surface area contributed by atoms with Crippen LogP contribution in [0.1, 0.15) is 45.1 Å². The van der Waals surface area contributed by atoms with Gasteiger partial charge in [-0.1, -0.05) is 26.0 Å². The monoisotopic (exact) mass is 376 g/mol. The fraction of sp³-hybridized carbons (Fsp3) is 0.600. The molecule has 1 amide bonds. The zero-order chi connectivity index (χ0) is 18.9. The van der Waals surface area contributed by atoms with Crippen molar-refractivity contribution in [2.24, 2.45) is 10.9 Å². The molecule has 26 heavy (non-hydrogen) atoms. The number of hydrogen-bond acceptors (Lipinski definition) is 3. The van der Waals surface area contributed by atoms with Gasteiger partial charge in [0.15, 0.2) is 5.96 Å². The summed E-state index contributed by atoms with van der Waals surface area (Å²) < 4.78 is 0. The van der Waals surface area contributed by atoms with Crippen LogP contribution in [0.5, 0.6) is 0 Å². The molecule has 3 N–H and O–H groups in total. The Morgan fingerprint density at radius 1 is 1.35 bits per heavy atom.